The molecule has 0 saturated carbocycles. The Morgan fingerprint density at radius 3 is 2.59 bits per heavy atom. The van der Waals surface area contributed by atoms with Gasteiger partial charge in [-0.15, -0.1) is 0 Å². The van der Waals surface area contributed by atoms with Gasteiger partial charge in [0.1, 0.15) is 6.04 Å². The lowest BCUT2D eigenvalue weighted by Crippen LogP contribution is -2.49. The summed E-state index contributed by atoms with van der Waals surface area (Å²) < 4.78 is 28.8. The number of aliphatic carboxylic acids is 1. The highest BCUT2D eigenvalue weighted by Gasteiger charge is 2.37. The monoisotopic (exact) mass is 265 g/mol. The topological polar surface area (TPSA) is 101 Å². The van der Waals surface area contributed by atoms with Gasteiger partial charge in [0.05, 0.1) is 7.11 Å². The molecule has 1 N–H and O–H groups in total. The van der Waals surface area contributed by atoms with Crippen LogP contribution in [-0.4, -0.2) is 55.2 Å². The fraction of sp³-hybridized carbons (Fsp3) is 0.778. The first-order valence-corrected chi connectivity index (χ1v) is 6.78. The maximum absolute atomic E-state index is 11.8. The average molecular weight is 265 g/mol. The van der Waals surface area contributed by atoms with Crippen LogP contribution < -0.4 is 0 Å². The zero-order valence-electron chi connectivity index (χ0n) is 9.46. The Morgan fingerprint density at radius 1 is 1.41 bits per heavy atom. The van der Waals surface area contributed by atoms with Gasteiger partial charge in [0.25, 0.3) is 0 Å². The number of methoxy groups -OCH3 is 1. The molecule has 0 amide bonds. The Bertz CT molecular complexity index is 404. The lowest BCUT2D eigenvalue weighted by atomic mass is 10.1. The molecule has 1 aliphatic heterocycles. The largest absolute Gasteiger partial charge is 0.480 e. The Balaban J connectivity index is 2.87. The van der Waals surface area contributed by atoms with Gasteiger partial charge in [0, 0.05) is 6.54 Å². The van der Waals surface area contributed by atoms with E-state index in [1.54, 1.807) is 0 Å². The lowest BCUT2D eigenvalue weighted by Gasteiger charge is -2.31. The molecule has 1 heterocycles. The smallest absolute Gasteiger partial charge is 0.322 e. The molecule has 0 aromatic rings. The summed E-state index contributed by atoms with van der Waals surface area (Å²) >= 11 is 0. The van der Waals surface area contributed by atoms with Crippen molar-refractivity contribution in [1.82, 2.24) is 4.31 Å². The second-order valence-corrected chi connectivity index (χ2v) is 5.71. The summed E-state index contributed by atoms with van der Waals surface area (Å²) in [6.07, 6.45) is 1.54. The fourth-order valence-electron chi connectivity index (χ4n) is 1.78. The third-order valence-electron chi connectivity index (χ3n) is 2.62. The van der Waals surface area contributed by atoms with E-state index < -0.39 is 33.8 Å². The van der Waals surface area contributed by atoms with E-state index in [1.807, 2.05) is 0 Å². The van der Waals surface area contributed by atoms with Crippen molar-refractivity contribution in [3.05, 3.63) is 0 Å². The van der Waals surface area contributed by atoms with Gasteiger partial charge in [0.2, 0.25) is 10.0 Å². The number of sulfonamides is 1. The highest BCUT2D eigenvalue weighted by molar-refractivity contribution is 7.89. The number of carbonyl (C=O) groups is 2. The minimum atomic E-state index is -3.91. The number of esters is 1. The van der Waals surface area contributed by atoms with Crippen LogP contribution in [-0.2, 0) is 24.3 Å². The van der Waals surface area contributed by atoms with Crippen molar-refractivity contribution >= 4 is 22.0 Å². The van der Waals surface area contributed by atoms with Gasteiger partial charge in [-0.2, -0.15) is 4.31 Å². The molecule has 0 bridgehead atoms. The number of nitrogens with zero attached hydrogens (tertiary/aromatic N) is 1. The molecule has 0 spiro atoms. The number of carboxylic acid groups (broad SMARTS) is 1. The normalized spacial score (nSPS) is 22.1. The number of carbonyl (C=O) groups excluding carboxylic acids is 1. The van der Waals surface area contributed by atoms with E-state index in [1.165, 1.54) is 0 Å². The van der Waals surface area contributed by atoms with Crippen molar-refractivity contribution in [1.29, 1.82) is 0 Å². The molecular formula is C9H15NO6S. The van der Waals surface area contributed by atoms with Crippen LogP contribution in [0.15, 0.2) is 0 Å². The molecule has 1 rings (SSSR count). The van der Waals surface area contributed by atoms with Crippen LogP contribution in [0.5, 0.6) is 0 Å². The van der Waals surface area contributed by atoms with Gasteiger partial charge in [-0.25, -0.2) is 8.42 Å². The quantitative estimate of drug-likeness (QED) is 0.683. The summed E-state index contributed by atoms with van der Waals surface area (Å²) in [4.78, 5) is 21.9. The maximum atomic E-state index is 11.8. The summed E-state index contributed by atoms with van der Waals surface area (Å²) in [5.74, 6) is -2.88. The van der Waals surface area contributed by atoms with Crippen LogP contribution in [0.3, 0.4) is 0 Å². The average Bonchev–Trinajstić information content (AvgIpc) is 2.28. The molecule has 17 heavy (non-hydrogen) atoms. The lowest BCUT2D eigenvalue weighted by molar-refractivity contribution is -0.143. The van der Waals surface area contributed by atoms with Gasteiger partial charge >= 0.3 is 11.9 Å². The molecule has 0 aromatic heterocycles. The standard InChI is InChI=1S/C9H15NO6S/c1-16-8(11)6-17(14,15)10-5-3-2-4-7(10)9(12)13/h7H,2-6H2,1H3,(H,12,13)/t7-/m1/s1. The van der Waals surface area contributed by atoms with Gasteiger partial charge in [0.15, 0.2) is 5.75 Å². The second kappa shape index (κ2) is 5.46. The van der Waals surface area contributed by atoms with E-state index in [0.29, 0.717) is 12.8 Å². The molecular weight excluding hydrogens is 250 g/mol. The number of carboxylic acids is 1. The predicted molar refractivity (Wildman–Crippen MR) is 57.8 cm³/mol. The van der Waals surface area contributed by atoms with E-state index in [4.69, 9.17) is 5.11 Å². The van der Waals surface area contributed by atoms with Crippen molar-refractivity contribution in [3.63, 3.8) is 0 Å². The molecule has 1 aliphatic rings. The molecule has 1 atom stereocenters. The Labute approximate surface area is 99.4 Å². The molecule has 0 unspecified atom stereocenters. The summed E-state index contributed by atoms with van der Waals surface area (Å²) in [6.45, 7) is 0.135. The van der Waals surface area contributed by atoms with E-state index in [2.05, 4.69) is 4.74 Å². The zero-order valence-corrected chi connectivity index (χ0v) is 10.3. The Kier molecular flexibility index (Phi) is 4.47. The van der Waals surface area contributed by atoms with Crippen molar-refractivity contribution in [3.8, 4) is 0 Å². The van der Waals surface area contributed by atoms with Crippen molar-refractivity contribution in [2.75, 3.05) is 19.4 Å². The van der Waals surface area contributed by atoms with Crippen molar-refractivity contribution in [2.24, 2.45) is 0 Å². The van der Waals surface area contributed by atoms with Crippen LogP contribution in [0.1, 0.15) is 19.3 Å². The molecule has 0 aliphatic carbocycles. The number of ether oxygens (including phenoxy) is 1. The minimum absolute atomic E-state index is 0.135. The first kappa shape index (κ1) is 13.9. The molecule has 0 radical (unpaired) electrons. The predicted octanol–water partition coefficient (Wildman–Crippen LogP) is -0.572. The highest BCUT2D eigenvalue weighted by atomic mass is 32.2. The van der Waals surface area contributed by atoms with E-state index in [9.17, 15) is 18.0 Å². The van der Waals surface area contributed by atoms with Crippen LogP contribution in [0.2, 0.25) is 0 Å². The summed E-state index contributed by atoms with van der Waals surface area (Å²) in [5.41, 5.74) is 0. The van der Waals surface area contributed by atoms with Gasteiger partial charge in [-0.05, 0) is 19.3 Å². The Hall–Kier alpha value is -1.15. The van der Waals surface area contributed by atoms with Gasteiger partial charge in [-0.1, -0.05) is 0 Å². The number of hydrogen-bond donors (Lipinski definition) is 1. The molecule has 1 saturated heterocycles. The van der Waals surface area contributed by atoms with E-state index >= 15 is 0 Å². The van der Waals surface area contributed by atoms with Crippen LogP contribution in [0.25, 0.3) is 0 Å². The summed E-state index contributed by atoms with van der Waals surface area (Å²) in [6, 6.07) is -1.07. The summed E-state index contributed by atoms with van der Waals surface area (Å²) in [5, 5.41) is 8.94. The maximum Gasteiger partial charge on any atom is 0.322 e. The molecule has 8 heteroatoms. The molecule has 0 aromatic carbocycles. The second-order valence-electron chi connectivity index (χ2n) is 3.79. The molecule has 98 valence electrons. The zero-order chi connectivity index (χ0) is 13.1. The fourth-order valence-corrected chi connectivity index (χ4v) is 3.35. The first-order valence-electron chi connectivity index (χ1n) is 5.17. The minimum Gasteiger partial charge on any atom is -0.480 e. The highest BCUT2D eigenvalue weighted by Crippen LogP contribution is 2.21. The number of piperidine rings is 1. The van der Waals surface area contributed by atoms with Crippen molar-refractivity contribution in [2.45, 2.75) is 25.3 Å². The third-order valence-corrected chi connectivity index (χ3v) is 4.38. The number of rotatable bonds is 4. The summed E-state index contributed by atoms with van der Waals surface area (Å²) in [7, 11) is -2.82. The molecule has 7 nitrogen and oxygen atoms in total. The van der Waals surface area contributed by atoms with Crippen LogP contribution in [0, 0.1) is 0 Å². The van der Waals surface area contributed by atoms with Crippen molar-refractivity contribution < 1.29 is 27.9 Å². The number of hydrogen-bond acceptors (Lipinski definition) is 5. The van der Waals surface area contributed by atoms with E-state index in [0.717, 1.165) is 11.4 Å². The first-order chi connectivity index (χ1) is 7.88. The van der Waals surface area contributed by atoms with E-state index in [-0.39, 0.29) is 13.0 Å². The van der Waals surface area contributed by atoms with Crippen LogP contribution >= 0.6 is 0 Å². The third kappa shape index (κ3) is 3.40. The van der Waals surface area contributed by atoms with Gasteiger partial charge < -0.3 is 9.84 Å². The molecule has 1 fully saturated rings. The Morgan fingerprint density at radius 2 is 2.06 bits per heavy atom. The van der Waals surface area contributed by atoms with Gasteiger partial charge in [-0.3, -0.25) is 9.59 Å². The SMILES string of the molecule is COC(=O)CS(=O)(=O)N1CCCC[C@@H]1C(=O)O. The van der Waals surface area contributed by atoms with Crippen LogP contribution in [0.4, 0.5) is 0 Å².